The maximum Gasteiger partial charge on any atom is 3.00 e. The summed E-state index contributed by atoms with van der Waals surface area (Å²) in [7, 11) is 0. The molecule has 4 nitrogen and oxygen atoms in total. The fraction of sp³-hybridized carbons (Fsp3) is 0. The van der Waals surface area contributed by atoms with E-state index in [1.54, 1.807) is 0 Å². The number of benzene rings is 4. The van der Waals surface area contributed by atoms with Gasteiger partial charge in [0.25, 0.3) is 0 Å². The predicted molar refractivity (Wildman–Crippen MR) is 195 cm³/mol. The van der Waals surface area contributed by atoms with Gasteiger partial charge in [0.1, 0.15) is 0 Å². The molecular formula is C44H27FeN4. The van der Waals surface area contributed by atoms with Gasteiger partial charge in [0, 0.05) is 27.9 Å². The minimum absolute atomic E-state index is 0. The first-order chi connectivity index (χ1) is 23.8. The van der Waals surface area contributed by atoms with E-state index in [0.29, 0.717) is 11.2 Å². The number of hydrogen-bond acceptors (Lipinski definition) is 2. The van der Waals surface area contributed by atoms with Crippen LogP contribution in [0.4, 0.5) is 0 Å². The molecule has 1 radical (unpaired) electrons. The molecule has 0 atom stereocenters. The maximum atomic E-state index is 5.29. The molecule has 2 aliphatic rings. The molecule has 0 saturated carbocycles. The number of hydrogen-bond donors (Lipinski definition) is 2. The second-order valence-electron chi connectivity index (χ2n) is 11.8. The van der Waals surface area contributed by atoms with E-state index in [9.17, 15) is 0 Å². The van der Waals surface area contributed by atoms with E-state index < -0.39 is 0 Å². The van der Waals surface area contributed by atoms with Crippen LogP contribution in [-0.2, 0) is 17.1 Å². The maximum absolute atomic E-state index is 5.29. The van der Waals surface area contributed by atoms with Crippen molar-refractivity contribution in [3.8, 4) is 33.4 Å². The Labute approximate surface area is 295 Å². The van der Waals surface area contributed by atoms with Gasteiger partial charge in [-0.1, -0.05) is 120 Å². The van der Waals surface area contributed by atoms with Crippen molar-refractivity contribution in [2.24, 2.45) is 0 Å². The zero-order valence-electron chi connectivity index (χ0n) is 26.2. The molecule has 231 valence electrons. The van der Waals surface area contributed by atoms with E-state index in [-0.39, 0.29) is 17.1 Å². The summed E-state index contributed by atoms with van der Waals surface area (Å²) in [6, 6.07) is 54.9. The number of H-pyrrole nitrogens is 2. The van der Waals surface area contributed by atoms with Crippen LogP contribution in [0.1, 0.15) is 28.3 Å². The van der Waals surface area contributed by atoms with Crippen molar-refractivity contribution in [3.63, 3.8) is 0 Å². The SMILES string of the molecule is [C-]1=C(c2ccccc2)c2nc1[c-]c1[c-]cc(cc3nc(cc4[nH]c(c2-c2ccccc2)c(-c2ccccc2)c4-c2ccccc2)C=C3)[nH]1.[Fe+3]. The minimum Gasteiger partial charge on any atom is -0.502 e. The topological polar surface area (TPSA) is 57.4 Å². The number of rotatable bonds is 4. The number of aromatic nitrogens is 4. The van der Waals surface area contributed by atoms with Crippen molar-refractivity contribution in [1.82, 2.24) is 19.9 Å². The van der Waals surface area contributed by atoms with E-state index >= 15 is 0 Å². The summed E-state index contributed by atoms with van der Waals surface area (Å²) < 4.78 is 0. The zero-order valence-corrected chi connectivity index (χ0v) is 27.3. The van der Waals surface area contributed by atoms with Crippen LogP contribution in [0.15, 0.2) is 140 Å². The Morgan fingerprint density at radius 2 is 1.08 bits per heavy atom. The van der Waals surface area contributed by atoms with Crippen molar-refractivity contribution in [3.05, 3.63) is 186 Å². The Morgan fingerprint density at radius 1 is 0.531 bits per heavy atom. The molecule has 8 bridgehead atoms. The van der Waals surface area contributed by atoms with Gasteiger partial charge in [0.15, 0.2) is 0 Å². The summed E-state index contributed by atoms with van der Waals surface area (Å²) in [5, 5.41) is 0. The molecule has 5 heteroatoms. The van der Waals surface area contributed by atoms with Gasteiger partial charge in [-0.25, -0.2) is 11.1 Å². The summed E-state index contributed by atoms with van der Waals surface area (Å²) >= 11 is 0. The second kappa shape index (κ2) is 12.9. The number of aromatic amines is 2. The molecule has 0 aliphatic carbocycles. The van der Waals surface area contributed by atoms with E-state index in [1.807, 2.05) is 30.3 Å². The predicted octanol–water partition coefficient (Wildman–Crippen LogP) is 10.4. The third-order valence-electron chi connectivity index (χ3n) is 8.63. The average molecular weight is 668 g/mol. The van der Waals surface area contributed by atoms with Crippen molar-refractivity contribution < 1.29 is 17.1 Å². The molecule has 0 spiro atoms. The van der Waals surface area contributed by atoms with Crippen molar-refractivity contribution in [2.75, 3.05) is 0 Å². The molecular weight excluding hydrogens is 640 g/mol. The molecule has 5 heterocycles. The molecule has 9 rings (SSSR count). The number of nitrogens with zero attached hydrogens (tertiary/aromatic N) is 2. The molecule has 0 unspecified atom stereocenters. The van der Waals surface area contributed by atoms with E-state index in [1.165, 1.54) is 0 Å². The van der Waals surface area contributed by atoms with Crippen LogP contribution in [0.2, 0.25) is 0 Å². The Balaban J connectivity index is 0.00000348. The first kappa shape index (κ1) is 30.3. The van der Waals surface area contributed by atoms with Gasteiger partial charge >= 0.3 is 17.1 Å². The van der Waals surface area contributed by atoms with Crippen molar-refractivity contribution >= 4 is 39.8 Å². The molecule has 49 heavy (non-hydrogen) atoms. The summed E-state index contributed by atoms with van der Waals surface area (Å²) in [6.45, 7) is 0. The quantitative estimate of drug-likeness (QED) is 0.145. The first-order valence-corrected chi connectivity index (χ1v) is 15.9. The van der Waals surface area contributed by atoms with Crippen molar-refractivity contribution in [2.45, 2.75) is 0 Å². The van der Waals surface area contributed by atoms with Crippen LogP contribution in [0.5, 0.6) is 0 Å². The Kier molecular flexibility index (Phi) is 7.98. The first-order valence-electron chi connectivity index (χ1n) is 15.9. The summed E-state index contributed by atoms with van der Waals surface area (Å²) in [5.41, 5.74) is 15.0. The number of nitrogens with one attached hydrogen (secondary N) is 2. The molecule has 2 aliphatic heterocycles. The van der Waals surface area contributed by atoms with Gasteiger partial charge < -0.3 is 27.1 Å². The Morgan fingerprint density at radius 3 is 1.71 bits per heavy atom. The fourth-order valence-electron chi connectivity index (χ4n) is 6.54. The van der Waals surface area contributed by atoms with Gasteiger partial charge in [0.2, 0.25) is 0 Å². The third-order valence-corrected chi connectivity index (χ3v) is 8.63. The minimum atomic E-state index is 0. The monoisotopic (exact) mass is 667 g/mol. The molecule has 4 aromatic carbocycles. The molecule has 0 saturated heterocycles. The fourth-order valence-corrected chi connectivity index (χ4v) is 6.54. The summed E-state index contributed by atoms with van der Waals surface area (Å²) in [4.78, 5) is 17.6. The third kappa shape index (κ3) is 5.76. The van der Waals surface area contributed by atoms with E-state index in [2.05, 4.69) is 150 Å². The van der Waals surface area contributed by atoms with Gasteiger partial charge in [-0.05, 0) is 34.9 Å². The Bertz CT molecular complexity index is 2530. The van der Waals surface area contributed by atoms with Gasteiger partial charge in [-0.2, -0.15) is 16.8 Å². The number of fused-ring (bicyclic) bond motifs is 8. The molecule has 2 N–H and O–H groups in total. The van der Waals surface area contributed by atoms with Crippen LogP contribution >= 0.6 is 0 Å². The van der Waals surface area contributed by atoms with Gasteiger partial charge in [0.05, 0.1) is 5.69 Å². The van der Waals surface area contributed by atoms with E-state index in [0.717, 1.165) is 78.1 Å². The molecule has 7 aromatic rings. The van der Waals surface area contributed by atoms with Crippen LogP contribution < -0.4 is 0 Å². The van der Waals surface area contributed by atoms with Crippen LogP contribution in [-0.4, -0.2) is 19.9 Å². The van der Waals surface area contributed by atoms with Crippen molar-refractivity contribution in [1.29, 1.82) is 0 Å². The smallest absolute Gasteiger partial charge is 0.502 e. The average Bonchev–Trinajstić information content (AvgIpc) is 3.94. The van der Waals surface area contributed by atoms with Crippen LogP contribution in [0, 0.1) is 18.2 Å². The largest absolute Gasteiger partial charge is 3.00 e. The van der Waals surface area contributed by atoms with Gasteiger partial charge in [-0.3, -0.25) is 17.1 Å². The molecule has 0 fully saturated rings. The van der Waals surface area contributed by atoms with Crippen LogP contribution in [0.3, 0.4) is 0 Å². The summed E-state index contributed by atoms with van der Waals surface area (Å²) in [6.07, 6.45) is 7.71. The zero-order chi connectivity index (χ0) is 31.9. The molecule has 0 amide bonds. The van der Waals surface area contributed by atoms with Crippen LogP contribution in [0.25, 0.3) is 73.2 Å². The second-order valence-corrected chi connectivity index (χ2v) is 11.8. The Hall–Kier alpha value is -6.00. The normalized spacial score (nSPS) is 12.0. The molecule has 3 aromatic heterocycles. The van der Waals surface area contributed by atoms with E-state index in [4.69, 9.17) is 9.97 Å². The standard InChI is InChI=1S/C44H27N4.Fe/c1-5-13-29(14-6-1)38-27-37-26-35-22-21-33(45-35)25-34-23-24-36(46-34)28-39-40(30-15-7-2-8-16-30)41(31-17-9-3-10-18-31)44(48-39)42(43(38)47-37)32-19-11-4-12-20-32;/h1-21,23-25,28,45,48H;/q-3;+3. The van der Waals surface area contributed by atoms with Gasteiger partial charge in [-0.15, -0.1) is 18.2 Å². The summed E-state index contributed by atoms with van der Waals surface area (Å²) in [5.74, 6) is 0.